The number of carbonyl (C=O) groups is 1. The summed E-state index contributed by atoms with van der Waals surface area (Å²) in [5, 5.41) is 13.0. The molecule has 1 aromatic heterocycles. The Bertz CT molecular complexity index is 673. The number of hydrogen-bond donors (Lipinski definition) is 2. The number of anilines is 1. The molecule has 0 bridgehead atoms. The molecular weight excluding hydrogens is 292 g/mol. The van der Waals surface area contributed by atoms with Crippen molar-refractivity contribution in [2.75, 3.05) is 38.7 Å². The minimum absolute atomic E-state index is 0.0375. The molecule has 0 fully saturated rings. The summed E-state index contributed by atoms with van der Waals surface area (Å²) in [5.41, 5.74) is 1.93. The van der Waals surface area contributed by atoms with Gasteiger partial charge in [-0.2, -0.15) is 0 Å². The predicted molar refractivity (Wildman–Crippen MR) is 92.6 cm³/mol. The van der Waals surface area contributed by atoms with E-state index in [0.29, 0.717) is 19.6 Å². The lowest BCUT2D eigenvalue weighted by atomic mass is 10.1. The molecule has 0 aliphatic heterocycles. The van der Waals surface area contributed by atoms with E-state index < -0.39 is 0 Å². The smallest absolute Gasteiger partial charge is 0.317 e. The van der Waals surface area contributed by atoms with Crippen LogP contribution in [0.2, 0.25) is 0 Å². The summed E-state index contributed by atoms with van der Waals surface area (Å²) in [5.74, 6) is 0.857. The highest BCUT2D eigenvalue weighted by Crippen LogP contribution is 2.22. The van der Waals surface area contributed by atoms with E-state index in [9.17, 15) is 4.79 Å². The van der Waals surface area contributed by atoms with Crippen molar-refractivity contribution < 1.29 is 9.90 Å². The first-order valence-corrected chi connectivity index (χ1v) is 7.76. The van der Waals surface area contributed by atoms with Gasteiger partial charge in [-0.05, 0) is 24.6 Å². The summed E-state index contributed by atoms with van der Waals surface area (Å²) in [6.07, 6.45) is 0. The van der Waals surface area contributed by atoms with Gasteiger partial charge in [-0.25, -0.2) is 9.78 Å². The zero-order valence-electron chi connectivity index (χ0n) is 13.9. The molecule has 0 spiro atoms. The zero-order chi connectivity index (χ0) is 16.8. The van der Waals surface area contributed by atoms with Crippen LogP contribution in [0.4, 0.5) is 10.6 Å². The number of fused-ring (bicyclic) bond motifs is 1. The number of aliphatic hydroxyl groups excluding tert-OH is 1. The van der Waals surface area contributed by atoms with Crippen LogP contribution < -0.4 is 10.2 Å². The van der Waals surface area contributed by atoms with Crippen molar-refractivity contribution >= 4 is 22.8 Å². The molecule has 0 aliphatic carbocycles. The van der Waals surface area contributed by atoms with Gasteiger partial charge in [-0.1, -0.05) is 18.2 Å². The molecule has 1 aromatic carbocycles. The third-order valence-corrected chi connectivity index (χ3v) is 3.72. The average Bonchev–Trinajstić information content (AvgIpc) is 2.56. The van der Waals surface area contributed by atoms with E-state index in [1.807, 2.05) is 56.3 Å². The molecule has 0 radical (unpaired) electrons. The Kier molecular flexibility index (Phi) is 5.76. The first-order valence-electron chi connectivity index (χ1n) is 7.76. The molecule has 2 aromatic rings. The second-order valence-corrected chi connectivity index (χ2v) is 5.51. The van der Waals surface area contributed by atoms with Crippen LogP contribution in [0.1, 0.15) is 12.5 Å². The number of pyridine rings is 1. The van der Waals surface area contributed by atoms with Crippen molar-refractivity contribution in [1.29, 1.82) is 0 Å². The first kappa shape index (κ1) is 17.0. The summed E-state index contributed by atoms with van der Waals surface area (Å²) in [4.78, 5) is 20.3. The van der Waals surface area contributed by atoms with E-state index in [-0.39, 0.29) is 12.6 Å². The zero-order valence-corrected chi connectivity index (χ0v) is 13.9. The van der Waals surface area contributed by atoms with Crippen LogP contribution in [0.25, 0.3) is 10.9 Å². The molecule has 0 aliphatic rings. The van der Waals surface area contributed by atoms with Crippen LogP contribution in [0.15, 0.2) is 30.3 Å². The monoisotopic (exact) mass is 316 g/mol. The molecule has 2 N–H and O–H groups in total. The van der Waals surface area contributed by atoms with Crippen molar-refractivity contribution in [3.63, 3.8) is 0 Å². The molecule has 124 valence electrons. The Labute approximate surface area is 136 Å². The second kappa shape index (κ2) is 7.78. The van der Waals surface area contributed by atoms with Gasteiger partial charge < -0.3 is 20.2 Å². The molecular formula is C17H24N4O2. The number of amides is 2. The Morgan fingerprint density at radius 3 is 2.70 bits per heavy atom. The Balaban J connectivity index is 2.23. The maximum atomic E-state index is 12.2. The van der Waals surface area contributed by atoms with Gasteiger partial charge >= 0.3 is 6.03 Å². The molecule has 1 heterocycles. The molecule has 0 atom stereocenters. The first-order chi connectivity index (χ1) is 11.1. The molecule has 6 heteroatoms. The number of hydrogen-bond acceptors (Lipinski definition) is 4. The van der Waals surface area contributed by atoms with E-state index in [2.05, 4.69) is 10.3 Å². The number of urea groups is 1. The third-order valence-electron chi connectivity index (χ3n) is 3.72. The summed E-state index contributed by atoms with van der Waals surface area (Å²) in [6, 6.07) is 9.72. The van der Waals surface area contributed by atoms with E-state index in [1.54, 1.807) is 4.90 Å². The van der Waals surface area contributed by atoms with Crippen LogP contribution >= 0.6 is 0 Å². The number of nitrogens with zero attached hydrogens (tertiary/aromatic N) is 3. The van der Waals surface area contributed by atoms with E-state index in [4.69, 9.17) is 5.11 Å². The lowest BCUT2D eigenvalue weighted by Crippen LogP contribution is -2.41. The third kappa shape index (κ3) is 4.10. The number of likely N-dealkylation sites (N-methyl/N-ethyl adjacent to an activating group) is 1. The minimum Gasteiger partial charge on any atom is -0.395 e. The van der Waals surface area contributed by atoms with Crippen LogP contribution in [0, 0.1) is 0 Å². The van der Waals surface area contributed by atoms with E-state index >= 15 is 0 Å². The number of benzene rings is 1. The Hall–Kier alpha value is -2.34. The lowest BCUT2D eigenvalue weighted by Gasteiger charge is -2.21. The summed E-state index contributed by atoms with van der Waals surface area (Å²) < 4.78 is 0. The number of aromatic nitrogens is 1. The lowest BCUT2D eigenvalue weighted by molar-refractivity contribution is 0.180. The van der Waals surface area contributed by atoms with Gasteiger partial charge in [0, 0.05) is 39.1 Å². The number of carbonyl (C=O) groups excluding carboxylic acids is 1. The van der Waals surface area contributed by atoms with Crippen LogP contribution in [0.5, 0.6) is 0 Å². The largest absolute Gasteiger partial charge is 0.395 e. The summed E-state index contributed by atoms with van der Waals surface area (Å²) >= 11 is 0. The minimum atomic E-state index is -0.172. The van der Waals surface area contributed by atoms with Gasteiger partial charge in [0.05, 0.1) is 12.1 Å². The molecule has 23 heavy (non-hydrogen) atoms. The fourth-order valence-electron chi connectivity index (χ4n) is 2.41. The SMILES string of the molecule is CCN(CCO)C(=O)NCc1cc(N(C)C)nc2ccccc12. The Morgan fingerprint density at radius 2 is 2.04 bits per heavy atom. The second-order valence-electron chi connectivity index (χ2n) is 5.51. The maximum Gasteiger partial charge on any atom is 0.317 e. The highest BCUT2D eigenvalue weighted by molar-refractivity contribution is 5.84. The van der Waals surface area contributed by atoms with Crippen LogP contribution in [-0.4, -0.2) is 54.8 Å². The normalized spacial score (nSPS) is 10.6. The molecule has 0 saturated heterocycles. The number of rotatable bonds is 6. The topological polar surface area (TPSA) is 68.7 Å². The Morgan fingerprint density at radius 1 is 1.30 bits per heavy atom. The van der Waals surface area contributed by atoms with E-state index in [1.165, 1.54) is 0 Å². The van der Waals surface area contributed by atoms with Gasteiger partial charge in [0.1, 0.15) is 5.82 Å². The fourth-order valence-corrected chi connectivity index (χ4v) is 2.41. The molecule has 2 rings (SSSR count). The van der Waals surface area contributed by atoms with Gasteiger partial charge in [0.25, 0.3) is 0 Å². The highest BCUT2D eigenvalue weighted by Gasteiger charge is 2.12. The average molecular weight is 316 g/mol. The van der Waals surface area contributed by atoms with Gasteiger partial charge in [0.2, 0.25) is 0 Å². The number of aliphatic hydroxyl groups is 1. The number of para-hydroxylation sites is 1. The fraction of sp³-hybridized carbons (Fsp3) is 0.412. The molecule has 6 nitrogen and oxygen atoms in total. The van der Waals surface area contributed by atoms with Crippen molar-refractivity contribution in [1.82, 2.24) is 15.2 Å². The standard InChI is InChI=1S/C17H24N4O2/c1-4-21(9-10-22)17(23)18-12-13-11-16(20(2)3)19-15-8-6-5-7-14(13)15/h5-8,11,22H,4,9-10,12H2,1-3H3,(H,18,23). The molecule has 2 amide bonds. The van der Waals surface area contributed by atoms with Crippen molar-refractivity contribution in [3.8, 4) is 0 Å². The van der Waals surface area contributed by atoms with Crippen molar-refractivity contribution in [2.45, 2.75) is 13.5 Å². The maximum absolute atomic E-state index is 12.2. The molecule has 0 saturated carbocycles. The highest BCUT2D eigenvalue weighted by atomic mass is 16.3. The van der Waals surface area contributed by atoms with Gasteiger partial charge in [-0.15, -0.1) is 0 Å². The van der Waals surface area contributed by atoms with Gasteiger partial charge in [0.15, 0.2) is 0 Å². The quantitative estimate of drug-likeness (QED) is 0.853. The summed E-state index contributed by atoms with van der Waals surface area (Å²) in [7, 11) is 3.89. The molecule has 0 unspecified atom stereocenters. The van der Waals surface area contributed by atoms with Crippen molar-refractivity contribution in [3.05, 3.63) is 35.9 Å². The van der Waals surface area contributed by atoms with E-state index in [0.717, 1.165) is 22.3 Å². The predicted octanol–water partition coefficient (Wildman–Crippen LogP) is 1.82. The van der Waals surface area contributed by atoms with Gasteiger partial charge in [-0.3, -0.25) is 0 Å². The van der Waals surface area contributed by atoms with Crippen molar-refractivity contribution in [2.24, 2.45) is 0 Å². The van der Waals surface area contributed by atoms with Crippen LogP contribution in [0.3, 0.4) is 0 Å². The number of nitrogens with one attached hydrogen (secondary N) is 1. The van der Waals surface area contributed by atoms with Crippen LogP contribution in [-0.2, 0) is 6.54 Å². The summed E-state index contributed by atoms with van der Waals surface area (Å²) in [6.45, 7) is 3.17.